The maximum Gasteiger partial charge on any atom is 0.433 e. The second-order valence-corrected chi connectivity index (χ2v) is 10.9. The molecule has 1 aromatic carbocycles. The van der Waals surface area contributed by atoms with Crippen LogP contribution in [-0.2, 0) is 11.0 Å². The Morgan fingerprint density at radius 3 is 2.54 bits per heavy atom. The van der Waals surface area contributed by atoms with Crippen molar-refractivity contribution in [1.82, 2.24) is 19.7 Å². The Morgan fingerprint density at radius 2 is 1.83 bits per heavy atom. The van der Waals surface area contributed by atoms with E-state index in [4.69, 9.17) is 9.84 Å². The van der Waals surface area contributed by atoms with E-state index in [9.17, 15) is 18.0 Å². The molecule has 0 radical (unpaired) electrons. The zero-order valence-corrected chi connectivity index (χ0v) is 23.4. The van der Waals surface area contributed by atoms with Gasteiger partial charge in [0.15, 0.2) is 11.5 Å². The second-order valence-electron chi connectivity index (χ2n) is 10.9. The first-order valence-electron chi connectivity index (χ1n) is 14.1. The van der Waals surface area contributed by atoms with Gasteiger partial charge in [0, 0.05) is 13.1 Å². The molecule has 1 aliphatic heterocycles. The van der Waals surface area contributed by atoms with E-state index in [0.717, 1.165) is 65.7 Å². The lowest BCUT2D eigenvalue weighted by Gasteiger charge is -2.32. The van der Waals surface area contributed by atoms with Gasteiger partial charge in [-0.1, -0.05) is 18.2 Å². The third-order valence-corrected chi connectivity index (χ3v) is 8.12. The molecule has 0 bridgehead atoms. The number of pyridine rings is 1. The molecule has 0 spiro atoms. The van der Waals surface area contributed by atoms with Crippen LogP contribution in [0.15, 0.2) is 48.2 Å². The summed E-state index contributed by atoms with van der Waals surface area (Å²) in [6.45, 7) is 4.65. The molecule has 2 aromatic heterocycles. The number of allylic oxidation sites excluding steroid dienone is 1. The average Bonchev–Trinajstić information content (AvgIpc) is 3.38. The van der Waals surface area contributed by atoms with Crippen LogP contribution in [0.3, 0.4) is 0 Å². The Bertz CT molecular complexity index is 1440. The van der Waals surface area contributed by atoms with Gasteiger partial charge in [-0.25, -0.2) is 9.67 Å². The Kier molecular flexibility index (Phi) is 8.49. The quantitative estimate of drug-likeness (QED) is 0.378. The lowest BCUT2D eigenvalue weighted by Crippen LogP contribution is -2.39. The van der Waals surface area contributed by atoms with Crippen molar-refractivity contribution in [3.8, 4) is 11.6 Å². The number of aryl methyl sites for hydroxylation is 2. The van der Waals surface area contributed by atoms with E-state index >= 15 is 0 Å². The molecule has 0 saturated carbocycles. The summed E-state index contributed by atoms with van der Waals surface area (Å²) < 4.78 is 48.2. The van der Waals surface area contributed by atoms with Crippen LogP contribution in [0.1, 0.15) is 72.5 Å². The molecular formula is C31H35F3N4O3. The summed E-state index contributed by atoms with van der Waals surface area (Å²) in [7, 11) is 0. The smallest absolute Gasteiger partial charge is 0.433 e. The van der Waals surface area contributed by atoms with E-state index in [1.165, 1.54) is 18.7 Å². The minimum absolute atomic E-state index is 0.0549. The van der Waals surface area contributed by atoms with Crippen molar-refractivity contribution < 1.29 is 27.8 Å². The SMILES string of the molecule is Cc1cc(C2CCN(C(=O)CO)CC2)ccc1OCC1=C(c2cccc(-n3ncc(C)c3C(F)(F)F)n2)CCCC1. The molecule has 41 heavy (non-hydrogen) atoms. The van der Waals surface area contributed by atoms with Crippen LogP contribution in [0.2, 0.25) is 0 Å². The fourth-order valence-electron chi connectivity index (χ4n) is 5.91. The minimum atomic E-state index is -4.54. The largest absolute Gasteiger partial charge is 0.489 e. The first-order chi connectivity index (χ1) is 19.7. The Morgan fingerprint density at radius 1 is 1.07 bits per heavy atom. The molecule has 1 amide bonds. The van der Waals surface area contributed by atoms with Gasteiger partial charge in [-0.3, -0.25) is 4.79 Å². The predicted molar refractivity (Wildman–Crippen MR) is 149 cm³/mol. The fourth-order valence-corrected chi connectivity index (χ4v) is 5.91. The third kappa shape index (κ3) is 6.32. The highest BCUT2D eigenvalue weighted by molar-refractivity contribution is 5.77. The number of hydrogen-bond acceptors (Lipinski definition) is 5. The topological polar surface area (TPSA) is 80.5 Å². The lowest BCUT2D eigenvalue weighted by atomic mass is 9.88. The molecule has 3 aromatic rings. The van der Waals surface area contributed by atoms with Crippen molar-refractivity contribution in [2.45, 2.75) is 64.5 Å². The number of piperidine rings is 1. The molecule has 1 fully saturated rings. The van der Waals surface area contributed by atoms with Crippen molar-refractivity contribution in [2.24, 2.45) is 0 Å². The molecule has 3 heterocycles. The molecule has 1 N–H and O–H groups in total. The molecule has 1 saturated heterocycles. The highest BCUT2D eigenvalue weighted by Gasteiger charge is 2.37. The van der Waals surface area contributed by atoms with E-state index in [1.54, 1.807) is 17.0 Å². The number of likely N-dealkylation sites (tertiary alicyclic amines) is 1. The highest BCUT2D eigenvalue weighted by atomic mass is 19.4. The molecule has 0 unspecified atom stereocenters. The number of aliphatic hydroxyl groups is 1. The molecular weight excluding hydrogens is 533 g/mol. The summed E-state index contributed by atoms with van der Waals surface area (Å²) in [6.07, 6.45) is 2.03. The predicted octanol–water partition coefficient (Wildman–Crippen LogP) is 6.01. The van der Waals surface area contributed by atoms with Crippen LogP contribution < -0.4 is 4.74 Å². The van der Waals surface area contributed by atoms with E-state index in [2.05, 4.69) is 22.2 Å². The zero-order valence-electron chi connectivity index (χ0n) is 23.4. The normalized spacial score (nSPS) is 16.8. The van der Waals surface area contributed by atoms with Gasteiger partial charge in [0.1, 0.15) is 19.0 Å². The number of hydrogen-bond donors (Lipinski definition) is 1. The zero-order chi connectivity index (χ0) is 29.1. The summed E-state index contributed by atoms with van der Waals surface area (Å²) in [6, 6.07) is 11.3. The van der Waals surface area contributed by atoms with Gasteiger partial charge in [0.2, 0.25) is 5.91 Å². The average molecular weight is 569 g/mol. The van der Waals surface area contributed by atoms with E-state index in [1.807, 2.05) is 19.1 Å². The van der Waals surface area contributed by atoms with Gasteiger partial charge in [-0.05, 0) is 104 Å². The first kappa shape index (κ1) is 28.9. The van der Waals surface area contributed by atoms with Crippen LogP contribution in [0.5, 0.6) is 5.75 Å². The van der Waals surface area contributed by atoms with Crippen LogP contribution >= 0.6 is 0 Å². The van der Waals surface area contributed by atoms with Gasteiger partial charge < -0.3 is 14.7 Å². The summed E-state index contributed by atoms with van der Waals surface area (Å²) in [5.74, 6) is 1.07. The fraction of sp³-hybridized carbons (Fsp3) is 0.452. The summed E-state index contributed by atoms with van der Waals surface area (Å²) in [4.78, 5) is 18.1. The molecule has 7 nitrogen and oxygen atoms in total. The number of halogens is 3. The first-order valence-corrected chi connectivity index (χ1v) is 14.1. The van der Waals surface area contributed by atoms with Crippen molar-refractivity contribution in [1.29, 1.82) is 0 Å². The molecule has 218 valence electrons. The number of amides is 1. The van der Waals surface area contributed by atoms with Crippen molar-refractivity contribution in [3.63, 3.8) is 0 Å². The van der Waals surface area contributed by atoms with Crippen LogP contribution in [0.25, 0.3) is 11.4 Å². The van der Waals surface area contributed by atoms with Gasteiger partial charge in [-0.15, -0.1) is 0 Å². The number of rotatable bonds is 7. The molecule has 2 aliphatic rings. The molecule has 10 heteroatoms. The maximum absolute atomic E-state index is 13.7. The molecule has 1 aliphatic carbocycles. The molecule has 0 atom stereocenters. The van der Waals surface area contributed by atoms with E-state index in [-0.39, 0.29) is 17.3 Å². The Labute approximate surface area is 237 Å². The van der Waals surface area contributed by atoms with Crippen molar-refractivity contribution >= 4 is 11.5 Å². The van der Waals surface area contributed by atoms with Gasteiger partial charge in [0.05, 0.1) is 11.9 Å². The van der Waals surface area contributed by atoms with E-state index < -0.39 is 18.5 Å². The number of ether oxygens (including phenoxy) is 1. The number of nitrogens with zero attached hydrogens (tertiary/aromatic N) is 4. The number of carbonyl (C=O) groups is 1. The highest BCUT2D eigenvalue weighted by Crippen LogP contribution is 2.36. The van der Waals surface area contributed by atoms with Gasteiger partial charge in [0.25, 0.3) is 0 Å². The molecule has 5 rings (SSSR count). The second kappa shape index (κ2) is 12.1. The Balaban J connectivity index is 1.32. The van der Waals surface area contributed by atoms with Crippen LogP contribution in [0.4, 0.5) is 13.2 Å². The maximum atomic E-state index is 13.7. The third-order valence-electron chi connectivity index (χ3n) is 8.12. The summed E-state index contributed by atoms with van der Waals surface area (Å²) >= 11 is 0. The standard InChI is InChI=1S/C31H35F3N4O3/c1-20-16-23(22-12-14-37(15-13-22)29(40)18-39)10-11-27(20)41-19-24-6-3-4-7-25(24)26-8-5-9-28(36-26)38-30(31(32,33)34)21(2)17-35-38/h5,8-11,16-17,22,39H,3-4,6-7,12-15,18-19H2,1-2H3. The number of benzene rings is 1. The minimum Gasteiger partial charge on any atom is -0.489 e. The van der Waals surface area contributed by atoms with Gasteiger partial charge >= 0.3 is 6.18 Å². The van der Waals surface area contributed by atoms with E-state index in [0.29, 0.717) is 31.3 Å². The monoisotopic (exact) mass is 568 g/mol. The van der Waals surface area contributed by atoms with Gasteiger partial charge in [-0.2, -0.15) is 18.3 Å². The number of aliphatic hydroxyl groups excluding tert-OH is 1. The number of carbonyl (C=O) groups excluding carboxylic acids is 1. The van der Waals surface area contributed by atoms with Crippen molar-refractivity contribution in [3.05, 3.63) is 76.2 Å². The van der Waals surface area contributed by atoms with Crippen molar-refractivity contribution in [2.75, 3.05) is 26.3 Å². The summed E-state index contributed by atoms with van der Waals surface area (Å²) in [5, 5.41) is 13.1. The Hall–Kier alpha value is -3.66. The number of alkyl halides is 3. The lowest BCUT2D eigenvalue weighted by molar-refractivity contribution is -0.143. The van der Waals surface area contributed by atoms with Crippen LogP contribution in [-0.4, -0.2) is 57.0 Å². The number of aromatic nitrogens is 3. The van der Waals surface area contributed by atoms with Crippen LogP contribution in [0, 0.1) is 13.8 Å². The summed E-state index contributed by atoms with van der Waals surface area (Å²) in [5.41, 5.74) is 4.28.